The van der Waals surface area contributed by atoms with Crippen LogP contribution in [-0.4, -0.2) is 26.2 Å². The maximum atomic E-state index is 11.1. The fraction of sp³-hybridized carbons (Fsp3) is 0.364. The number of hydrogen-bond donors (Lipinski definition) is 2. The third-order valence-corrected chi connectivity index (χ3v) is 1.99. The van der Waals surface area contributed by atoms with Crippen molar-refractivity contribution in [3.8, 4) is 5.75 Å². The van der Waals surface area contributed by atoms with Gasteiger partial charge in [0.1, 0.15) is 12.3 Å². The molecule has 5 heteroatoms. The van der Waals surface area contributed by atoms with E-state index < -0.39 is 0 Å². The van der Waals surface area contributed by atoms with Gasteiger partial charge in [-0.3, -0.25) is 4.79 Å². The first-order valence-electron chi connectivity index (χ1n) is 5.00. The summed E-state index contributed by atoms with van der Waals surface area (Å²) in [6, 6.07) is 5.21. The highest BCUT2D eigenvalue weighted by Crippen LogP contribution is 2.23. The number of carbonyl (C=O) groups excluding carboxylic acids is 1. The van der Waals surface area contributed by atoms with E-state index >= 15 is 0 Å². The van der Waals surface area contributed by atoms with Crippen LogP contribution < -0.4 is 15.8 Å². The second kappa shape index (κ2) is 5.85. The Morgan fingerprint density at radius 3 is 2.81 bits per heavy atom. The smallest absolute Gasteiger partial charge is 0.325 e. The summed E-state index contributed by atoms with van der Waals surface area (Å²) in [6.07, 6.45) is 0. The van der Waals surface area contributed by atoms with E-state index in [9.17, 15) is 4.79 Å². The van der Waals surface area contributed by atoms with Crippen molar-refractivity contribution in [2.24, 2.45) is 0 Å². The van der Waals surface area contributed by atoms with Crippen LogP contribution in [0.1, 0.15) is 6.92 Å². The highest BCUT2D eigenvalue weighted by Gasteiger charge is 2.04. The van der Waals surface area contributed by atoms with Crippen LogP contribution in [0.2, 0.25) is 0 Å². The number of carbonyl (C=O) groups is 1. The summed E-state index contributed by atoms with van der Waals surface area (Å²) in [5.74, 6) is 0.372. The highest BCUT2D eigenvalue weighted by molar-refractivity contribution is 5.78. The number of nitrogens with one attached hydrogen (secondary N) is 1. The molecule has 5 nitrogen and oxygen atoms in total. The number of anilines is 2. The van der Waals surface area contributed by atoms with Gasteiger partial charge in [0, 0.05) is 6.07 Å². The lowest BCUT2D eigenvalue weighted by Gasteiger charge is -2.09. The van der Waals surface area contributed by atoms with E-state index in [1.165, 1.54) is 0 Å². The Morgan fingerprint density at radius 1 is 1.50 bits per heavy atom. The van der Waals surface area contributed by atoms with Crippen LogP contribution in [0.4, 0.5) is 11.4 Å². The number of hydrogen-bond acceptors (Lipinski definition) is 5. The molecule has 0 aliphatic rings. The van der Waals surface area contributed by atoms with Crippen LogP contribution in [0.15, 0.2) is 18.2 Å². The Labute approximate surface area is 94.5 Å². The van der Waals surface area contributed by atoms with Gasteiger partial charge in [0.05, 0.1) is 25.1 Å². The van der Waals surface area contributed by atoms with Crippen LogP contribution in [0, 0.1) is 0 Å². The summed E-state index contributed by atoms with van der Waals surface area (Å²) in [5, 5.41) is 2.89. The average molecular weight is 224 g/mol. The average Bonchev–Trinajstić information content (AvgIpc) is 2.27. The van der Waals surface area contributed by atoms with Gasteiger partial charge in [0.2, 0.25) is 0 Å². The third kappa shape index (κ3) is 3.34. The SMILES string of the molecule is CCOC(=O)CNc1ccc(OC)cc1N. The van der Waals surface area contributed by atoms with E-state index in [-0.39, 0.29) is 12.5 Å². The topological polar surface area (TPSA) is 73.6 Å². The maximum absolute atomic E-state index is 11.1. The number of methoxy groups -OCH3 is 1. The molecule has 0 amide bonds. The summed E-state index contributed by atoms with van der Waals surface area (Å²) in [4.78, 5) is 11.1. The van der Waals surface area contributed by atoms with Crippen LogP contribution in [0.5, 0.6) is 5.75 Å². The molecule has 0 saturated carbocycles. The molecule has 88 valence electrons. The summed E-state index contributed by atoms with van der Waals surface area (Å²) in [5.41, 5.74) is 6.98. The van der Waals surface area contributed by atoms with Crippen LogP contribution in [0.25, 0.3) is 0 Å². The standard InChI is InChI=1S/C11H16N2O3/c1-3-16-11(14)7-13-10-5-4-8(15-2)6-9(10)12/h4-6,13H,3,7,12H2,1-2H3. The molecule has 0 aliphatic heterocycles. The zero-order valence-corrected chi connectivity index (χ0v) is 9.45. The summed E-state index contributed by atoms with van der Waals surface area (Å²) in [7, 11) is 1.57. The third-order valence-electron chi connectivity index (χ3n) is 1.99. The van der Waals surface area contributed by atoms with Gasteiger partial charge in [0.25, 0.3) is 0 Å². The number of rotatable bonds is 5. The van der Waals surface area contributed by atoms with Crippen molar-refractivity contribution in [3.05, 3.63) is 18.2 Å². The first-order valence-corrected chi connectivity index (χ1v) is 5.00. The van der Waals surface area contributed by atoms with E-state index in [4.69, 9.17) is 15.2 Å². The van der Waals surface area contributed by atoms with Gasteiger partial charge >= 0.3 is 5.97 Å². The molecule has 0 spiro atoms. The lowest BCUT2D eigenvalue weighted by Crippen LogP contribution is -2.17. The number of nitrogen functional groups attached to an aromatic ring is 1. The lowest BCUT2D eigenvalue weighted by atomic mass is 10.2. The number of esters is 1. The van der Waals surface area contributed by atoms with Crippen molar-refractivity contribution in [2.45, 2.75) is 6.92 Å². The normalized spacial score (nSPS) is 9.62. The molecule has 3 N–H and O–H groups in total. The first-order chi connectivity index (χ1) is 7.67. The Bertz CT molecular complexity index is 366. The van der Waals surface area contributed by atoms with Crippen LogP contribution in [-0.2, 0) is 9.53 Å². The Kier molecular flexibility index (Phi) is 4.44. The highest BCUT2D eigenvalue weighted by atomic mass is 16.5. The summed E-state index contributed by atoms with van der Waals surface area (Å²) in [6.45, 7) is 2.24. The molecule has 0 heterocycles. The van der Waals surface area contributed by atoms with E-state index in [0.29, 0.717) is 23.7 Å². The van der Waals surface area contributed by atoms with Crippen molar-refractivity contribution >= 4 is 17.3 Å². The molecule has 1 aromatic carbocycles. The molecule has 1 aromatic rings. The van der Waals surface area contributed by atoms with E-state index in [0.717, 1.165) is 0 Å². The van der Waals surface area contributed by atoms with Crippen molar-refractivity contribution in [2.75, 3.05) is 31.3 Å². The van der Waals surface area contributed by atoms with Crippen LogP contribution >= 0.6 is 0 Å². The predicted molar refractivity (Wildman–Crippen MR) is 62.5 cm³/mol. The predicted octanol–water partition coefficient (Wildman–Crippen LogP) is 1.25. The number of ether oxygens (including phenoxy) is 2. The van der Waals surface area contributed by atoms with Gasteiger partial charge in [-0.1, -0.05) is 0 Å². The van der Waals surface area contributed by atoms with Gasteiger partial charge < -0.3 is 20.5 Å². The van der Waals surface area contributed by atoms with Crippen molar-refractivity contribution in [1.29, 1.82) is 0 Å². The molecule has 0 fully saturated rings. The molecule has 1 rings (SSSR count). The first kappa shape index (κ1) is 12.2. The molecular formula is C11H16N2O3. The molecule has 0 bridgehead atoms. The monoisotopic (exact) mass is 224 g/mol. The van der Waals surface area contributed by atoms with E-state index in [1.54, 1.807) is 32.2 Å². The molecule has 0 saturated heterocycles. The summed E-state index contributed by atoms with van der Waals surface area (Å²) >= 11 is 0. The fourth-order valence-corrected chi connectivity index (χ4v) is 1.21. The van der Waals surface area contributed by atoms with Gasteiger partial charge in [-0.15, -0.1) is 0 Å². The van der Waals surface area contributed by atoms with Gasteiger partial charge in [-0.05, 0) is 19.1 Å². The summed E-state index contributed by atoms with van der Waals surface area (Å²) < 4.78 is 9.80. The molecule has 0 aromatic heterocycles. The maximum Gasteiger partial charge on any atom is 0.325 e. The Morgan fingerprint density at radius 2 is 2.25 bits per heavy atom. The van der Waals surface area contributed by atoms with Crippen molar-refractivity contribution in [3.63, 3.8) is 0 Å². The fourth-order valence-electron chi connectivity index (χ4n) is 1.21. The molecule has 16 heavy (non-hydrogen) atoms. The van der Waals surface area contributed by atoms with Crippen molar-refractivity contribution < 1.29 is 14.3 Å². The zero-order chi connectivity index (χ0) is 12.0. The number of nitrogens with two attached hydrogens (primary N) is 1. The minimum atomic E-state index is -0.308. The van der Waals surface area contributed by atoms with E-state index in [2.05, 4.69) is 5.32 Å². The molecular weight excluding hydrogens is 208 g/mol. The molecule has 0 atom stereocenters. The van der Waals surface area contributed by atoms with Gasteiger partial charge in [-0.2, -0.15) is 0 Å². The molecule has 0 aliphatic carbocycles. The lowest BCUT2D eigenvalue weighted by molar-refractivity contribution is -0.140. The minimum Gasteiger partial charge on any atom is -0.497 e. The zero-order valence-electron chi connectivity index (χ0n) is 9.45. The molecule has 0 unspecified atom stereocenters. The van der Waals surface area contributed by atoms with E-state index in [1.807, 2.05) is 0 Å². The second-order valence-corrected chi connectivity index (χ2v) is 3.11. The minimum absolute atomic E-state index is 0.102. The van der Waals surface area contributed by atoms with Crippen LogP contribution in [0.3, 0.4) is 0 Å². The largest absolute Gasteiger partial charge is 0.497 e. The van der Waals surface area contributed by atoms with Gasteiger partial charge in [-0.25, -0.2) is 0 Å². The van der Waals surface area contributed by atoms with Crippen molar-refractivity contribution in [1.82, 2.24) is 0 Å². The Hall–Kier alpha value is -1.91. The second-order valence-electron chi connectivity index (χ2n) is 3.11. The quantitative estimate of drug-likeness (QED) is 0.581. The molecule has 0 radical (unpaired) electrons. The van der Waals surface area contributed by atoms with Gasteiger partial charge in [0.15, 0.2) is 0 Å². The Balaban J connectivity index is 2.57. The number of benzene rings is 1.